The summed E-state index contributed by atoms with van der Waals surface area (Å²) in [5.74, 6) is 1.35. The quantitative estimate of drug-likeness (QED) is 0.553. The summed E-state index contributed by atoms with van der Waals surface area (Å²) < 4.78 is 12.9. The highest BCUT2D eigenvalue weighted by Gasteiger charge is 2.26. The van der Waals surface area contributed by atoms with Gasteiger partial charge in [0.05, 0.1) is 6.61 Å². The van der Waals surface area contributed by atoms with Crippen molar-refractivity contribution in [3.8, 4) is 11.5 Å². The van der Waals surface area contributed by atoms with E-state index in [1.165, 1.54) is 0 Å². The van der Waals surface area contributed by atoms with Crippen molar-refractivity contribution < 1.29 is 14.3 Å². The van der Waals surface area contributed by atoms with Gasteiger partial charge < -0.3 is 14.4 Å². The number of pyridine rings is 1. The highest BCUT2D eigenvalue weighted by Crippen LogP contribution is 2.28. The van der Waals surface area contributed by atoms with E-state index in [9.17, 15) is 4.79 Å². The SMILES string of the molecule is Cn1nnnc1SC1CCN(C(=O)Oc2ccc(CCOc3ccncc3)cc2)CC1. The number of tetrazole rings is 1. The second-order valence-corrected chi connectivity index (χ2v) is 8.45. The number of likely N-dealkylation sites (tertiary alicyclic amines) is 1. The second kappa shape index (κ2) is 10.3. The standard InChI is InChI=1S/C21H24N6O3S/c1-26-20(23-24-25-26)31-19-8-13-27(14-9-19)21(28)30-18-4-2-16(3-5-18)10-15-29-17-6-11-22-12-7-17/h2-7,11-12,19H,8-10,13-15H2,1H3. The summed E-state index contributed by atoms with van der Waals surface area (Å²) in [4.78, 5) is 18.2. The number of piperidine rings is 1. The van der Waals surface area contributed by atoms with Crippen LogP contribution >= 0.6 is 11.8 Å². The monoisotopic (exact) mass is 440 g/mol. The van der Waals surface area contributed by atoms with Crippen LogP contribution < -0.4 is 9.47 Å². The number of carbonyl (C=O) groups excluding carboxylic acids is 1. The molecule has 1 aliphatic rings. The van der Waals surface area contributed by atoms with Crippen LogP contribution in [0.3, 0.4) is 0 Å². The number of hydrogen-bond donors (Lipinski definition) is 0. The van der Waals surface area contributed by atoms with Gasteiger partial charge in [0, 0.05) is 44.2 Å². The van der Waals surface area contributed by atoms with Crippen LogP contribution in [0.2, 0.25) is 0 Å². The zero-order chi connectivity index (χ0) is 21.5. The summed E-state index contributed by atoms with van der Waals surface area (Å²) in [6.45, 7) is 1.89. The van der Waals surface area contributed by atoms with E-state index in [2.05, 4.69) is 20.5 Å². The van der Waals surface area contributed by atoms with Gasteiger partial charge in [-0.3, -0.25) is 4.98 Å². The molecule has 1 aromatic carbocycles. The van der Waals surface area contributed by atoms with Crippen molar-refractivity contribution in [1.82, 2.24) is 30.1 Å². The zero-order valence-corrected chi connectivity index (χ0v) is 18.1. The lowest BCUT2D eigenvalue weighted by Crippen LogP contribution is -2.41. The number of amides is 1. The van der Waals surface area contributed by atoms with Crippen molar-refractivity contribution in [2.45, 2.75) is 29.7 Å². The van der Waals surface area contributed by atoms with Crippen molar-refractivity contribution >= 4 is 17.9 Å². The molecule has 0 spiro atoms. The van der Waals surface area contributed by atoms with E-state index < -0.39 is 0 Å². The van der Waals surface area contributed by atoms with Crippen molar-refractivity contribution in [2.24, 2.45) is 7.05 Å². The molecule has 0 bridgehead atoms. The molecule has 3 heterocycles. The Bertz CT molecular complexity index is 974. The summed E-state index contributed by atoms with van der Waals surface area (Å²) in [6.07, 6.45) is 5.62. The molecule has 4 rings (SSSR count). The zero-order valence-electron chi connectivity index (χ0n) is 17.3. The minimum absolute atomic E-state index is 0.308. The van der Waals surface area contributed by atoms with E-state index in [0.717, 1.165) is 35.7 Å². The highest BCUT2D eigenvalue weighted by molar-refractivity contribution is 7.99. The molecule has 1 amide bonds. The summed E-state index contributed by atoms with van der Waals surface area (Å²) in [5, 5.41) is 12.7. The Labute approximate surface area is 184 Å². The molecule has 0 N–H and O–H groups in total. The predicted molar refractivity (Wildman–Crippen MR) is 115 cm³/mol. The summed E-state index contributed by atoms with van der Waals surface area (Å²) in [6, 6.07) is 11.2. The lowest BCUT2D eigenvalue weighted by atomic mass is 10.1. The van der Waals surface area contributed by atoms with Crippen molar-refractivity contribution in [2.75, 3.05) is 19.7 Å². The maximum atomic E-state index is 12.5. The van der Waals surface area contributed by atoms with Gasteiger partial charge in [-0.05, 0) is 53.1 Å². The van der Waals surface area contributed by atoms with Crippen molar-refractivity contribution in [3.05, 3.63) is 54.4 Å². The fourth-order valence-electron chi connectivity index (χ4n) is 3.24. The lowest BCUT2D eigenvalue weighted by Gasteiger charge is -2.30. The number of aromatic nitrogens is 5. The molecular formula is C21H24N6O3S. The molecule has 0 unspecified atom stereocenters. The van der Waals surface area contributed by atoms with E-state index in [4.69, 9.17) is 9.47 Å². The number of thioether (sulfide) groups is 1. The topological polar surface area (TPSA) is 95.3 Å². The van der Waals surface area contributed by atoms with Crippen LogP contribution in [-0.2, 0) is 13.5 Å². The second-order valence-electron chi connectivity index (χ2n) is 7.18. The molecule has 0 saturated carbocycles. The minimum atomic E-state index is -0.308. The van der Waals surface area contributed by atoms with E-state index >= 15 is 0 Å². The summed E-state index contributed by atoms with van der Waals surface area (Å²) in [5.41, 5.74) is 1.12. The smallest absolute Gasteiger partial charge is 0.415 e. The maximum absolute atomic E-state index is 12.5. The Balaban J connectivity index is 1.19. The number of ether oxygens (including phenoxy) is 2. The maximum Gasteiger partial charge on any atom is 0.415 e. The third kappa shape index (κ3) is 5.94. The Morgan fingerprint density at radius 2 is 1.84 bits per heavy atom. The van der Waals surface area contributed by atoms with Crippen molar-refractivity contribution in [3.63, 3.8) is 0 Å². The van der Waals surface area contributed by atoms with Crippen LogP contribution in [0.4, 0.5) is 4.79 Å². The van der Waals surface area contributed by atoms with E-state index in [1.54, 1.807) is 33.7 Å². The van der Waals surface area contributed by atoms with E-state index in [-0.39, 0.29) is 6.09 Å². The molecule has 1 saturated heterocycles. The molecule has 2 aromatic heterocycles. The largest absolute Gasteiger partial charge is 0.493 e. The normalized spacial score (nSPS) is 14.4. The van der Waals surface area contributed by atoms with Crippen LogP contribution in [-0.4, -0.2) is 61.1 Å². The minimum Gasteiger partial charge on any atom is -0.493 e. The van der Waals surface area contributed by atoms with Gasteiger partial charge in [0.2, 0.25) is 5.16 Å². The van der Waals surface area contributed by atoms with Crippen LogP contribution in [0.1, 0.15) is 18.4 Å². The molecule has 10 heteroatoms. The number of benzene rings is 1. The van der Waals surface area contributed by atoms with Gasteiger partial charge in [-0.15, -0.1) is 5.10 Å². The fraction of sp³-hybridized carbons (Fsp3) is 0.381. The van der Waals surface area contributed by atoms with Crippen LogP contribution in [0.25, 0.3) is 0 Å². The average Bonchev–Trinajstić information content (AvgIpc) is 3.20. The Hall–Kier alpha value is -3.14. The van der Waals surface area contributed by atoms with Gasteiger partial charge in [0.1, 0.15) is 11.5 Å². The molecule has 162 valence electrons. The highest BCUT2D eigenvalue weighted by atomic mass is 32.2. The Kier molecular flexibility index (Phi) is 6.98. The van der Waals surface area contributed by atoms with Gasteiger partial charge in [-0.25, -0.2) is 9.48 Å². The Morgan fingerprint density at radius 1 is 1.10 bits per heavy atom. The number of aryl methyl sites for hydroxylation is 1. The molecule has 0 aliphatic carbocycles. The van der Waals surface area contributed by atoms with E-state index in [0.29, 0.717) is 30.7 Å². The Morgan fingerprint density at radius 3 is 2.52 bits per heavy atom. The third-order valence-corrected chi connectivity index (χ3v) is 6.35. The first-order valence-electron chi connectivity index (χ1n) is 10.1. The van der Waals surface area contributed by atoms with Crippen LogP contribution in [0.15, 0.2) is 53.9 Å². The molecule has 3 aromatic rings. The predicted octanol–water partition coefficient (Wildman–Crippen LogP) is 2.98. The van der Waals surface area contributed by atoms with Gasteiger partial charge in [0.15, 0.2) is 0 Å². The van der Waals surface area contributed by atoms with E-state index in [1.807, 2.05) is 43.4 Å². The first kappa shape index (κ1) is 21.1. The summed E-state index contributed by atoms with van der Waals surface area (Å²) in [7, 11) is 1.83. The number of hydrogen-bond acceptors (Lipinski definition) is 8. The molecule has 9 nitrogen and oxygen atoms in total. The number of carbonyl (C=O) groups is 1. The molecule has 0 atom stereocenters. The molecule has 1 aliphatic heterocycles. The first-order chi connectivity index (χ1) is 15.2. The van der Waals surface area contributed by atoms with Gasteiger partial charge in [-0.1, -0.05) is 23.9 Å². The van der Waals surface area contributed by atoms with Crippen LogP contribution in [0, 0.1) is 0 Å². The average molecular weight is 441 g/mol. The van der Waals surface area contributed by atoms with Gasteiger partial charge >= 0.3 is 6.09 Å². The van der Waals surface area contributed by atoms with Gasteiger partial charge in [0.25, 0.3) is 0 Å². The number of rotatable bonds is 7. The van der Waals surface area contributed by atoms with Gasteiger partial charge in [-0.2, -0.15) is 0 Å². The fourth-order valence-corrected chi connectivity index (χ4v) is 4.25. The molecule has 31 heavy (non-hydrogen) atoms. The molecule has 1 fully saturated rings. The summed E-state index contributed by atoms with van der Waals surface area (Å²) >= 11 is 1.66. The molecular weight excluding hydrogens is 416 g/mol. The van der Waals surface area contributed by atoms with Crippen LogP contribution in [0.5, 0.6) is 11.5 Å². The lowest BCUT2D eigenvalue weighted by molar-refractivity contribution is 0.143. The molecule has 0 radical (unpaired) electrons. The third-order valence-electron chi connectivity index (χ3n) is 4.99. The first-order valence-corrected chi connectivity index (χ1v) is 11.0. The van der Waals surface area contributed by atoms with Crippen molar-refractivity contribution in [1.29, 1.82) is 0 Å². The number of nitrogens with zero attached hydrogens (tertiary/aromatic N) is 6.